The van der Waals surface area contributed by atoms with Crippen LogP contribution in [0.3, 0.4) is 0 Å². The lowest BCUT2D eigenvalue weighted by Gasteiger charge is -2.04. The Morgan fingerprint density at radius 1 is 1.33 bits per heavy atom. The Balaban J connectivity index is 1.78. The fraction of sp³-hybridized carbons (Fsp3) is 0.588. The molecule has 132 valence electrons. The second-order valence-corrected chi connectivity index (χ2v) is 6.41. The molecule has 2 N–H and O–H groups in total. The Morgan fingerprint density at radius 3 is 2.71 bits per heavy atom. The van der Waals surface area contributed by atoms with E-state index >= 15 is 0 Å². The summed E-state index contributed by atoms with van der Waals surface area (Å²) < 4.78 is 1.77. The number of hydrogen-bond acceptors (Lipinski definition) is 3. The van der Waals surface area contributed by atoms with Gasteiger partial charge >= 0.3 is 0 Å². The molecule has 1 aromatic rings. The Morgan fingerprint density at radius 2 is 2.04 bits per heavy atom. The molecule has 0 radical (unpaired) electrons. The van der Waals surface area contributed by atoms with E-state index < -0.39 is 0 Å². The molecule has 1 saturated carbocycles. The Kier molecular flexibility index (Phi) is 6.85. The van der Waals surface area contributed by atoms with Gasteiger partial charge in [-0.1, -0.05) is 24.9 Å². The average molecular weight is 353 g/mol. The molecule has 2 amide bonds. The maximum Gasteiger partial charge on any atom is 0.244 e. The van der Waals surface area contributed by atoms with Crippen molar-refractivity contribution >= 4 is 29.5 Å². The van der Waals surface area contributed by atoms with E-state index in [0.29, 0.717) is 18.2 Å². The number of amides is 2. The number of aromatic nitrogens is 2. The third-order valence-corrected chi connectivity index (χ3v) is 4.30. The number of carbonyl (C=O) groups excluding carboxylic acids is 2. The summed E-state index contributed by atoms with van der Waals surface area (Å²) in [6, 6.07) is 0. The Bertz CT molecular complexity index is 620. The summed E-state index contributed by atoms with van der Waals surface area (Å²) in [5.74, 6) is 0.0593. The van der Waals surface area contributed by atoms with Crippen molar-refractivity contribution in [2.75, 3.05) is 13.1 Å². The molecule has 0 spiro atoms. The minimum Gasteiger partial charge on any atom is -0.354 e. The highest BCUT2D eigenvalue weighted by Crippen LogP contribution is 2.28. The maximum atomic E-state index is 11.8. The highest BCUT2D eigenvalue weighted by atomic mass is 35.5. The van der Waals surface area contributed by atoms with Crippen LogP contribution in [0.4, 0.5) is 0 Å². The van der Waals surface area contributed by atoms with Crippen molar-refractivity contribution in [1.29, 1.82) is 0 Å². The van der Waals surface area contributed by atoms with Crippen molar-refractivity contribution in [3.8, 4) is 0 Å². The Hall–Kier alpha value is -1.82. The molecule has 1 aliphatic carbocycles. The van der Waals surface area contributed by atoms with E-state index in [4.69, 9.17) is 11.6 Å². The molecule has 6 nitrogen and oxygen atoms in total. The number of unbranched alkanes of at least 4 members (excludes halogenated alkanes) is 1. The highest BCUT2D eigenvalue weighted by molar-refractivity contribution is 6.31. The van der Waals surface area contributed by atoms with Crippen LogP contribution in [-0.2, 0) is 16.1 Å². The van der Waals surface area contributed by atoms with Gasteiger partial charge in [0.15, 0.2) is 0 Å². The molecule has 0 atom stereocenters. The van der Waals surface area contributed by atoms with Crippen molar-refractivity contribution < 1.29 is 9.59 Å². The van der Waals surface area contributed by atoms with Crippen LogP contribution in [0.5, 0.6) is 0 Å². The molecule has 1 aliphatic rings. The fourth-order valence-electron chi connectivity index (χ4n) is 2.29. The first-order valence-electron chi connectivity index (χ1n) is 8.49. The van der Waals surface area contributed by atoms with Crippen LogP contribution in [0, 0.1) is 12.8 Å². The van der Waals surface area contributed by atoms with Gasteiger partial charge in [0.05, 0.1) is 5.69 Å². The maximum absolute atomic E-state index is 11.8. The van der Waals surface area contributed by atoms with Crippen LogP contribution in [-0.4, -0.2) is 34.7 Å². The van der Waals surface area contributed by atoms with Gasteiger partial charge in [0.2, 0.25) is 11.8 Å². The standard InChI is InChI=1S/C17H25ClN4O2/c1-3-4-11-22-16(18)14(12(2)21-22)7-8-15(23)19-9-10-20-17(24)13-5-6-13/h7-8,13H,3-6,9-11H2,1-2H3,(H,19,23)(H,20,24)/b8-7+. The highest BCUT2D eigenvalue weighted by Gasteiger charge is 2.28. The van der Waals surface area contributed by atoms with Gasteiger partial charge in [0.25, 0.3) is 0 Å². The van der Waals surface area contributed by atoms with Crippen molar-refractivity contribution in [3.05, 3.63) is 22.5 Å². The molecule has 0 saturated heterocycles. The SMILES string of the molecule is CCCCn1nc(C)c(/C=C/C(=O)NCCNC(=O)C2CC2)c1Cl. The topological polar surface area (TPSA) is 76.0 Å². The van der Waals surface area contributed by atoms with E-state index in [9.17, 15) is 9.59 Å². The summed E-state index contributed by atoms with van der Waals surface area (Å²) in [6.07, 6.45) is 7.17. The van der Waals surface area contributed by atoms with E-state index in [0.717, 1.165) is 43.5 Å². The van der Waals surface area contributed by atoms with Gasteiger partial charge < -0.3 is 10.6 Å². The number of halogens is 1. The predicted molar refractivity (Wildman–Crippen MR) is 94.7 cm³/mol. The molecule has 0 aromatic carbocycles. The van der Waals surface area contributed by atoms with E-state index in [-0.39, 0.29) is 17.7 Å². The summed E-state index contributed by atoms with van der Waals surface area (Å²) in [5.41, 5.74) is 1.57. The monoisotopic (exact) mass is 352 g/mol. The molecule has 2 rings (SSSR count). The minimum absolute atomic E-state index is 0.0849. The fourth-order valence-corrected chi connectivity index (χ4v) is 2.61. The van der Waals surface area contributed by atoms with Crippen molar-refractivity contribution in [2.24, 2.45) is 5.92 Å². The van der Waals surface area contributed by atoms with E-state index in [2.05, 4.69) is 22.7 Å². The molecule has 0 unspecified atom stereocenters. The zero-order valence-corrected chi connectivity index (χ0v) is 15.0. The summed E-state index contributed by atoms with van der Waals surface area (Å²) in [6.45, 7) is 5.62. The first-order valence-corrected chi connectivity index (χ1v) is 8.87. The predicted octanol–water partition coefficient (Wildman–Crippen LogP) is 2.30. The zero-order valence-electron chi connectivity index (χ0n) is 14.3. The van der Waals surface area contributed by atoms with Crippen LogP contribution < -0.4 is 10.6 Å². The second kappa shape index (κ2) is 8.87. The van der Waals surface area contributed by atoms with Crippen molar-refractivity contribution in [2.45, 2.75) is 46.1 Å². The van der Waals surface area contributed by atoms with Gasteiger partial charge in [-0.3, -0.25) is 14.3 Å². The van der Waals surface area contributed by atoms with E-state index in [1.165, 1.54) is 6.08 Å². The summed E-state index contributed by atoms with van der Waals surface area (Å²) in [5, 5.41) is 10.5. The molecule has 1 heterocycles. The molecular formula is C17H25ClN4O2. The van der Waals surface area contributed by atoms with Crippen LogP contribution in [0.2, 0.25) is 5.15 Å². The van der Waals surface area contributed by atoms with Crippen LogP contribution in [0.25, 0.3) is 6.08 Å². The lowest BCUT2D eigenvalue weighted by Crippen LogP contribution is -2.34. The van der Waals surface area contributed by atoms with Gasteiger partial charge in [-0.25, -0.2) is 0 Å². The van der Waals surface area contributed by atoms with Gasteiger partial charge in [0, 0.05) is 37.2 Å². The summed E-state index contributed by atoms with van der Waals surface area (Å²) >= 11 is 6.32. The van der Waals surface area contributed by atoms with Crippen molar-refractivity contribution in [3.63, 3.8) is 0 Å². The van der Waals surface area contributed by atoms with Gasteiger partial charge in [-0.05, 0) is 32.3 Å². The van der Waals surface area contributed by atoms with Gasteiger partial charge in [-0.15, -0.1) is 0 Å². The number of aryl methyl sites for hydroxylation is 2. The number of nitrogens with one attached hydrogen (secondary N) is 2. The van der Waals surface area contributed by atoms with Crippen LogP contribution in [0.1, 0.15) is 43.9 Å². The lowest BCUT2D eigenvalue weighted by molar-refractivity contribution is -0.122. The molecule has 0 bridgehead atoms. The summed E-state index contributed by atoms with van der Waals surface area (Å²) in [7, 11) is 0. The van der Waals surface area contributed by atoms with Crippen molar-refractivity contribution in [1.82, 2.24) is 20.4 Å². The normalized spacial score (nSPS) is 14.1. The minimum atomic E-state index is -0.215. The number of nitrogens with zero attached hydrogens (tertiary/aromatic N) is 2. The quantitative estimate of drug-likeness (QED) is 0.529. The molecule has 0 aliphatic heterocycles. The van der Waals surface area contributed by atoms with E-state index in [1.807, 2.05) is 6.92 Å². The zero-order chi connectivity index (χ0) is 17.5. The third-order valence-electron chi connectivity index (χ3n) is 3.91. The molecular weight excluding hydrogens is 328 g/mol. The molecule has 7 heteroatoms. The molecule has 1 aromatic heterocycles. The lowest BCUT2D eigenvalue weighted by atomic mass is 10.2. The van der Waals surface area contributed by atoms with Crippen LogP contribution in [0.15, 0.2) is 6.08 Å². The number of carbonyl (C=O) groups is 2. The first kappa shape index (κ1) is 18.5. The average Bonchev–Trinajstić information content (AvgIpc) is 3.36. The van der Waals surface area contributed by atoms with E-state index in [1.54, 1.807) is 10.8 Å². The third kappa shape index (κ3) is 5.37. The number of rotatable bonds is 9. The van der Waals surface area contributed by atoms with Gasteiger partial charge in [0.1, 0.15) is 5.15 Å². The summed E-state index contributed by atoms with van der Waals surface area (Å²) in [4.78, 5) is 23.3. The smallest absolute Gasteiger partial charge is 0.244 e. The Labute approximate surface area is 147 Å². The first-order chi connectivity index (χ1) is 11.5. The molecule has 1 fully saturated rings. The second-order valence-electron chi connectivity index (χ2n) is 6.06. The molecule has 24 heavy (non-hydrogen) atoms. The van der Waals surface area contributed by atoms with Crippen LogP contribution >= 0.6 is 11.6 Å². The number of hydrogen-bond donors (Lipinski definition) is 2. The largest absolute Gasteiger partial charge is 0.354 e. The van der Waals surface area contributed by atoms with Gasteiger partial charge in [-0.2, -0.15) is 5.10 Å².